The number of carbonyl (C=O) groups is 1. The molecule has 0 unspecified atom stereocenters. The normalized spacial score (nSPS) is 13.4. The van der Waals surface area contributed by atoms with Gasteiger partial charge in [0.25, 0.3) is 5.91 Å². The molecule has 0 aliphatic carbocycles. The zero-order valence-electron chi connectivity index (χ0n) is 13.6. The molecule has 0 aliphatic rings. The molecular formula is C17H18F3N3O. The standard InChI is InChI=1S/C17H18F3N3O/c1-16(2,3)14(23-15(24)12-7-8-21-22-10-12)11-5-4-6-13(9-11)17(18,19)20/h4-10,14H,1-3H3,(H,23,24)/t14-/m1/s1. The molecule has 0 fully saturated rings. The quantitative estimate of drug-likeness (QED) is 0.920. The van der Waals surface area contributed by atoms with Crippen LogP contribution in [0.3, 0.4) is 0 Å². The average molecular weight is 337 g/mol. The third-order valence-corrected chi connectivity index (χ3v) is 3.54. The van der Waals surface area contributed by atoms with Crippen molar-refractivity contribution in [2.24, 2.45) is 5.41 Å². The lowest BCUT2D eigenvalue weighted by Gasteiger charge is -2.32. The summed E-state index contributed by atoms with van der Waals surface area (Å²) in [5.74, 6) is -0.415. The first kappa shape index (κ1) is 17.9. The van der Waals surface area contributed by atoms with Gasteiger partial charge in [0, 0.05) is 0 Å². The van der Waals surface area contributed by atoms with E-state index in [-0.39, 0.29) is 0 Å². The van der Waals surface area contributed by atoms with Crippen molar-refractivity contribution >= 4 is 5.91 Å². The number of alkyl halides is 3. The number of benzene rings is 1. The minimum absolute atomic E-state index is 0.297. The van der Waals surface area contributed by atoms with E-state index in [1.54, 1.807) is 6.07 Å². The SMILES string of the molecule is CC(C)(C)[C@H](NC(=O)c1ccnnc1)c1cccc(C(F)(F)F)c1. The molecule has 7 heteroatoms. The van der Waals surface area contributed by atoms with E-state index in [9.17, 15) is 18.0 Å². The Balaban J connectivity index is 2.35. The minimum Gasteiger partial charge on any atom is -0.345 e. The van der Waals surface area contributed by atoms with Crippen LogP contribution in [0.2, 0.25) is 0 Å². The van der Waals surface area contributed by atoms with Gasteiger partial charge in [-0.25, -0.2) is 0 Å². The molecule has 0 radical (unpaired) electrons. The molecule has 0 spiro atoms. The Morgan fingerprint density at radius 1 is 1.12 bits per heavy atom. The number of nitrogens with one attached hydrogen (secondary N) is 1. The second-order valence-electron chi connectivity index (χ2n) is 6.53. The van der Waals surface area contributed by atoms with Crippen LogP contribution in [0.5, 0.6) is 0 Å². The first-order valence-corrected chi connectivity index (χ1v) is 7.34. The highest BCUT2D eigenvalue weighted by Gasteiger charge is 2.33. The van der Waals surface area contributed by atoms with Crippen LogP contribution in [0.4, 0.5) is 13.2 Å². The zero-order chi connectivity index (χ0) is 18.0. The van der Waals surface area contributed by atoms with E-state index in [1.165, 1.54) is 24.5 Å². The molecule has 0 saturated carbocycles. The molecule has 0 bridgehead atoms. The fourth-order valence-corrected chi connectivity index (χ4v) is 2.33. The van der Waals surface area contributed by atoms with Crippen molar-refractivity contribution in [2.45, 2.75) is 33.0 Å². The molecule has 24 heavy (non-hydrogen) atoms. The highest BCUT2D eigenvalue weighted by Crippen LogP contribution is 2.36. The summed E-state index contributed by atoms with van der Waals surface area (Å²) in [7, 11) is 0. The van der Waals surface area contributed by atoms with Crippen LogP contribution < -0.4 is 5.32 Å². The van der Waals surface area contributed by atoms with E-state index < -0.39 is 29.1 Å². The van der Waals surface area contributed by atoms with Gasteiger partial charge < -0.3 is 5.32 Å². The van der Waals surface area contributed by atoms with Gasteiger partial charge in [0.1, 0.15) is 0 Å². The Labute approximate surface area is 138 Å². The first-order valence-electron chi connectivity index (χ1n) is 7.34. The van der Waals surface area contributed by atoms with E-state index in [1.807, 2.05) is 20.8 Å². The summed E-state index contributed by atoms with van der Waals surface area (Å²) < 4.78 is 38.9. The Morgan fingerprint density at radius 2 is 1.83 bits per heavy atom. The number of nitrogens with zero attached hydrogens (tertiary/aromatic N) is 2. The summed E-state index contributed by atoms with van der Waals surface area (Å²) in [6, 6.07) is 5.90. The summed E-state index contributed by atoms with van der Waals surface area (Å²) in [6.45, 7) is 5.55. The fourth-order valence-electron chi connectivity index (χ4n) is 2.33. The van der Waals surface area contributed by atoms with Gasteiger partial charge in [-0.2, -0.15) is 23.4 Å². The zero-order valence-corrected chi connectivity index (χ0v) is 13.6. The van der Waals surface area contributed by atoms with Crippen molar-refractivity contribution < 1.29 is 18.0 Å². The highest BCUT2D eigenvalue weighted by molar-refractivity contribution is 5.94. The maximum atomic E-state index is 13.0. The second-order valence-corrected chi connectivity index (χ2v) is 6.53. The number of rotatable bonds is 3. The number of aromatic nitrogens is 2. The van der Waals surface area contributed by atoms with Crippen LogP contribution in [0.1, 0.15) is 48.3 Å². The van der Waals surface area contributed by atoms with Crippen molar-refractivity contribution in [3.05, 3.63) is 59.4 Å². The van der Waals surface area contributed by atoms with E-state index in [2.05, 4.69) is 15.5 Å². The van der Waals surface area contributed by atoms with Crippen molar-refractivity contribution in [3.63, 3.8) is 0 Å². The van der Waals surface area contributed by atoms with Crippen LogP contribution in [-0.2, 0) is 6.18 Å². The number of hydrogen-bond donors (Lipinski definition) is 1. The lowest BCUT2D eigenvalue weighted by atomic mass is 9.81. The van der Waals surface area contributed by atoms with Gasteiger partial charge in [-0.15, -0.1) is 0 Å². The molecule has 1 N–H and O–H groups in total. The first-order chi connectivity index (χ1) is 11.1. The third-order valence-electron chi connectivity index (χ3n) is 3.54. The number of halogens is 3. The Morgan fingerprint density at radius 3 is 2.38 bits per heavy atom. The third kappa shape index (κ3) is 4.31. The molecule has 0 aliphatic heterocycles. The molecule has 2 aromatic rings. The predicted molar refractivity (Wildman–Crippen MR) is 83.1 cm³/mol. The van der Waals surface area contributed by atoms with Gasteiger partial charge in [-0.1, -0.05) is 32.9 Å². The molecule has 2 rings (SSSR count). The Hall–Kier alpha value is -2.44. The Kier molecular flexibility index (Phi) is 4.91. The van der Waals surface area contributed by atoms with Crippen LogP contribution in [0.15, 0.2) is 42.7 Å². The van der Waals surface area contributed by atoms with E-state index >= 15 is 0 Å². The van der Waals surface area contributed by atoms with Gasteiger partial charge in [0.05, 0.1) is 29.6 Å². The lowest BCUT2D eigenvalue weighted by molar-refractivity contribution is -0.137. The molecule has 0 saturated heterocycles. The number of amides is 1. The van der Waals surface area contributed by atoms with Gasteiger partial charge in [-0.3, -0.25) is 4.79 Å². The van der Waals surface area contributed by atoms with E-state index in [0.717, 1.165) is 12.1 Å². The summed E-state index contributed by atoms with van der Waals surface area (Å²) in [5.41, 5.74) is -0.534. The monoisotopic (exact) mass is 337 g/mol. The molecule has 1 aromatic heterocycles. The summed E-state index contributed by atoms with van der Waals surface area (Å²) in [4.78, 5) is 12.4. The molecular weight excluding hydrogens is 319 g/mol. The smallest absolute Gasteiger partial charge is 0.345 e. The molecule has 128 valence electrons. The maximum absolute atomic E-state index is 13.0. The van der Waals surface area contributed by atoms with Crippen molar-refractivity contribution in [3.8, 4) is 0 Å². The topological polar surface area (TPSA) is 54.9 Å². The molecule has 1 atom stereocenters. The van der Waals surface area contributed by atoms with Crippen molar-refractivity contribution in [2.75, 3.05) is 0 Å². The number of carbonyl (C=O) groups excluding carboxylic acids is 1. The average Bonchev–Trinajstić information content (AvgIpc) is 2.51. The van der Waals surface area contributed by atoms with Gasteiger partial charge in [0.15, 0.2) is 0 Å². The van der Waals surface area contributed by atoms with Crippen LogP contribution in [-0.4, -0.2) is 16.1 Å². The number of hydrogen-bond acceptors (Lipinski definition) is 3. The van der Waals surface area contributed by atoms with Crippen LogP contribution in [0.25, 0.3) is 0 Å². The summed E-state index contributed by atoms with van der Waals surface area (Å²) in [6.07, 6.45) is -1.75. The highest BCUT2D eigenvalue weighted by atomic mass is 19.4. The largest absolute Gasteiger partial charge is 0.416 e. The van der Waals surface area contributed by atoms with Gasteiger partial charge in [-0.05, 0) is 29.2 Å². The van der Waals surface area contributed by atoms with Crippen LogP contribution in [0, 0.1) is 5.41 Å². The molecule has 4 nitrogen and oxygen atoms in total. The lowest BCUT2D eigenvalue weighted by Crippen LogP contribution is -2.36. The van der Waals surface area contributed by atoms with E-state index in [0.29, 0.717) is 11.1 Å². The fraction of sp³-hybridized carbons (Fsp3) is 0.353. The summed E-state index contributed by atoms with van der Waals surface area (Å²) >= 11 is 0. The predicted octanol–water partition coefficient (Wildman–Crippen LogP) is 4.01. The summed E-state index contributed by atoms with van der Waals surface area (Å²) in [5, 5.41) is 10.0. The van der Waals surface area contributed by atoms with Crippen LogP contribution >= 0.6 is 0 Å². The van der Waals surface area contributed by atoms with Gasteiger partial charge >= 0.3 is 6.18 Å². The maximum Gasteiger partial charge on any atom is 0.416 e. The molecule has 1 amide bonds. The molecule has 1 heterocycles. The Bertz CT molecular complexity index is 709. The molecule has 1 aromatic carbocycles. The van der Waals surface area contributed by atoms with Crippen molar-refractivity contribution in [1.29, 1.82) is 0 Å². The second kappa shape index (κ2) is 6.59. The van der Waals surface area contributed by atoms with Crippen molar-refractivity contribution in [1.82, 2.24) is 15.5 Å². The van der Waals surface area contributed by atoms with Gasteiger partial charge in [0.2, 0.25) is 0 Å². The minimum atomic E-state index is -4.43. The van der Waals surface area contributed by atoms with E-state index in [4.69, 9.17) is 0 Å².